The number of aromatic nitrogens is 1. The largest absolute Gasteiger partial charge is 0.466 e. The van der Waals surface area contributed by atoms with Gasteiger partial charge in [0.25, 0.3) is 5.91 Å². The Balaban J connectivity index is 1.52. The summed E-state index contributed by atoms with van der Waals surface area (Å²) in [5.74, 6) is 0.0399. The van der Waals surface area contributed by atoms with Crippen LogP contribution in [-0.4, -0.2) is 22.5 Å². The van der Waals surface area contributed by atoms with Crippen molar-refractivity contribution in [2.75, 3.05) is 6.54 Å². The van der Waals surface area contributed by atoms with Gasteiger partial charge in [-0.3, -0.25) is 4.79 Å². The van der Waals surface area contributed by atoms with Gasteiger partial charge in [0.2, 0.25) is 0 Å². The first-order chi connectivity index (χ1) is 13.2. The topological polar surface area (TPSA) is 75.4 Å². The molecular weight excluding hydrogens is 380 g/mol. The first kappa shape index (κ1) is 17.7. The molecule has 1 amide bonds. The van der Waals surface area contributed by atoms with E-state index in [1.807, 2.05) is 47.2 Å². The maximum absolute atomic E-state index is 12.6. The second-order valence-electron chi connectivity index (χ2n) is 5.94. The normalized spacial score (nSPS) is 13.2. The van der Waals surface area contributed by atoms with Gasteiger partial charge in [0.15, 0.2) is 5.60 Å². The molecule has 0 fully saturated rings. The van der Waals surface area contributed by atoms with E-state index < -0.39 is 5.60 Å². The number of carbonyl (C=O) groups is 1. The zero-order valence-corrected chi connectivity index (χ0v) is 15.8. The number of thiophene rings is 1. The molecule has 3 aromatic heterocycles. The lowest BCUT2D eigenvalue weighted by Crippen LogP contribution is -2.41. The van der Waals surface area contributed by atoms with Crippen LogP contribution in [0.1, 0.15) is 21.8 Å². The molecule has 4 rings (SSSR count). The third kappa shape index (κ3) is 3.57. The van der Waals surface area contributed by atoms with Crippen molar-refractivity contribution in [3.05, 3.63) is 88.0 Å². The molecule has 1 aromatic carbocycles. The second kappa shape index (κ2) is 7.48. The number of hydrogen-bond acceptors (Lipinski definition) is 6. The number of thiazole rings is 1. The Bertz CT molecular complexity index is 975. The first-order valence-electron chi connectivity index (χ1n) is 8.25. The Morgan fingerprint density at radius 1 is 1.15 bits per heavy atom. The van der Waals surface area contributed by atoms with Crippen LogP contribution in [0.3, 0.4) is 0 Å². The third-order valence-corrected chi connectivity index (χ3v) is 5.76. The van der Waals surface area contributed by atoms with E-state index in [2.05, 4.69) is 10.3 Å². The van der Waals surface area contributed by atoms with Crippen molar-refractivity contribution in [1.29, 1.82) is 0 Å². The fourth-order valence-corrected chi connectivity index (χ4v) is 4.27. The average molecular weight is 396 g/mol. The van der Waals surface area contributed by atoms with Crippen LogP contribution in [0.25, 0.3) is 10.6 Å². The summed E-state index contributed by atoms with van der Waals surface area (Å²) in [5.41, 5.74) is 0.529. The Labute approximate surface area is 163 Å². The number of furan rings is 1. The Morgan fingerprint density at radius 2 is 2.00 bits per heavy atom. The monoisotopic (exact) mass is 396 g/mol. The van der Waals surface area contributed by atoms with E-state index in [9.17, 15) is 9.90 Å². The maximum Gasteiger partial charge on any atom is 0.270 e. The summed E-state index contributed by atoms with van der Waals surface area (Å²) in [7, 11) is 0. The molecule has 0 aliphatic rings. The van der Waals surface area contributed by atoms with Crippen molar-refractivity contribution in [2.45, 2.75) is 5.60 Å². The number of nitrogens with one attached hydrogen (secondary N) is 1. The highest BCUT2D eigenvalue weighted by Crippen LogP contribution is 2.31. The maximum atomic E-state index is 12.6. The lowest BCUT2D eigenvalue weighted by atomic mass is 9.93. The van der Waals surface area contributed by atoms with Crippen LogP contribution in [-0.2, 0) is 5.60 Å². The van der Waals surface area contributed by atoms with Gasteiger partial charge in [-0.25, -0.2) is 4.98 Å². The summed E-state index contributed by atoms with van der Waals surface area (Å²) in [6, 6.07) is 14.9. The lowest BCUT2D eigenvalue weighted by Gasteiger charge is -2.25. The van der Waals surface area contributed by atoms with Gasteiger partial charge < -0.3 is 14.8 Å². The van der Waals surface area contributed by atoms with Gasteiger partial charge in [-0.1, -0.05) is 30.3 Å². The zero-order valence-electron chi connectivity index (χ0n) is 14.2. The average Bonchev–Trinajstić information content (AvgIpc) is 3.48. The molecule has 0 spiro atoms. The van der Waals surface area contributed by atoms with Gasteiger partial charge in [0.1, 0.15) is 16.5 Å². The standard InChI is InChI=1S/C20H16N2O3S2/c23-18(16-12-27-19(22-16)14-5-2-1-3-6-14)21-13-20(24,15-8-10-26-11-15)17-7-4-9-25-17/h1-12,24H,13H2,(H,21,23)/t20-/m1/s1. The van der Waals surface area contributed by atoms with Crippen LogP contribution in [0.5, 0.6) is 0 Å². The highest BCUT2D eigenvalue weighted by molar-refractivity contribution is 7.13. The van der Waals surface area contributed by atoms with Crippen LogP contribution in [0.4, 0.5) is 0 Å². The van der Waals surface area contributed by atoms with Crippen molar-refractivity contribution < 1.29 is 14.3 Å². The van der Waals surface area contributed by atoms with Crippen molar-refractivity contribution in [3.63, 3.8) is 0 Å². The van der Waals surface area contributed by atoms with E-state index >= 15 is 0 Å². The Kier molecular flexibility index (Phi) is 4.89. The van der Waals surface area contributed by atoms with Crippen molar-refractivity contribution in [3.8, 4) is 10.6 Å². The molecule has 1 atom stereocenters. The number of amides is 1. The van der Waals surface area contributed by atoms with Gasteiger partial charge in [0.05, 0.1) is 12.8 Å². The van der Waals surface area contributed by atoms with Crippen LogP contribution in [0, 0.1) is 0 Å². The predicted octanol–water partition coefficient (Wildman–Crippen LogP) is 4.13. The van der Waals surface area contributed by atoms with Crippen LogP contribution >= 0.6 is 22.7 Å². The van der Waals surface area contributed by atoms with E-state index in [0.29, 0.717) is 17.0 Å². The molecule has 0 saturated heterocycles. The summed E-state index contributed by atoms with van der Waals surface area (Å²) >= 11 is 2.88. The van der Waals surface area contributed by atoms with Gasteiger partial charge >= 0.3 is 0 Å². The zero-order chi connectivity index (χ0) is 18.7. The summed E-state index contributed by atoms with van der Waals surface area (Å²) in [6.07, 6.45) is 1.50. The number of hydrogen-bond donors (Lipinski definition) is 2. The summed E-state index contributed by atoms with van der Waals surface area (Å²) in [5, 5.41) is 20.2. The summed E-state index contributed by atoms with van der Waals surface area (Å²) < 4.78 is 5.41. The van der Waals surface area contributed by atoms with E-state index in [0.717, 1.165) is 10.6 Å². The number of nitrogens with zero attached hydrogens (tertiary/aromatic N) is 1. The highest BCUT2D eigenvalue weighted by atomic mass is 32.1. The van der Waals surface area contributed by atoms with E-state index in [-0.39, 0.29) is 12.5 Å². The molecular formula is C20H16N2O3S2. The number of benzene rings is 1. The highest BCUT2D eigenvalue weighted by Gasteiger charge is 2.35. The Morgan fingerprint density at radius 3 is 2.70 bits per heavy atom. The van der Waals surface area contributed by atoms with E-state index in [1.54, 1.807) is 17.5 Å². The molecule has 0 unspecified atom stereocenters. The smallest absolute Gasteiger partial charge is 0.270 e. The minimum absolute atomic E-state index is 0.0196. The van der Waals surface area contributed by atoms with Gasteiger partial charge in [0, 0.05) is 16.5 Å². The van der Waals surface area contributed by atoms with Gasteiger partial charge in [-0.2, -0.15) is 11.3 Å². The van der Waals surface area contributed by atoms with Gasteiger partial charge in [-0.05, 0) is 29.0 Å². The number of carbonyl (C=O) groups excluding carboxylic acids is 1. The third-order valence-electron chi connectivity index (χ3n) is 4.19. The van der Waals surface area contributed by atoms with Crippen LogP contribution < -0.4 is 5.32 Å². The molecule has 0 aliphatic carbocycles. The minimum Gasteiger partial charge on any atom is -0.466 e. The molecule has 0 bridgehead atoms. The number of rotatable bonds is 6. The summed E-state index contributed by atoms with van der Waals surface area (Å²) in [6.45, 7) is -0.0196. The molecule has 7 heteroatoms. The molecule has 27 heavy (non-hydrogen) atoms. The van der Waals surface area contributed by atoms with Crippen molar-refractivity contribution >= 4 is 28.6 Å². The van der Waals surface area contributed by atoms with E-state index in [1.165, 1.54) is 28.9 Å². The van der Waals surface area contributed by atoms with E-state index in [4.69, 9.17) is 4.42 Å². The molecule has 0 saturated carbocycles. The number of aliphatic hydroxyl groups is 1. The molecule has 0 radical (unpaired) electrons. The molecule has 136 valence electrons. The van der Waals surface area contributed by atoms with Gasteiger partial charge in [-0.15, -0.1) is 11.3 Å². The second-order valence-corrected chi connectivity index (χ2v) is 7.57. The molecule has 2 N–H and O–H groups in total. The van der Waals surface area contributed by atoms with Crippen LogP contribution in [0.2, 0.25) is 0 Å². The lowest BCUT2D eigenvalue weighted by molar-refractivity contribution is 0.0527. The van der Waals surface area contributed by atoms with Crippen molar-refractivity contribution in [2.24, 2.45) is 0 Å². The first-order valence-corrected chi connectivity index (χ1v) is 10.1. The molecule has 5 nitrogen and oxygen atoms in total. The van der Waals surface area contributed by atoms with Crippen molar-refractivity contribution in [1.82, 2.24) is 10.3 Å². The fraction of sp³-hybridized carbons (Fsp3) is 0.100. The summed E-state index contributed by atoms with van der Waals surface area (Å²) in [4.78, 5) is 17.0. The van der Waals surface area contributed by atoms with Crippen LogP contribution in [0.15, 0.2) is 75.4 Å². The molecule has 4 aromatic rings. The predicted molar refractivity (Wildman–Crippen MR) is 106 cm³/mol. The molecule has 0 aliphatic heterocycles. The fourth-order valence-electron chi connectivity index (χ4n) is 2.74. The Hall–Kier alpha value is -2.74. The minimum atomic E-state index is -1.43. The quantitative estimate of drug-likeness (QED) is 0.514. The molecule has 3 heterocycles. The SMILES string of the molecule is O=C(NC[C@@](O)(c1ccsc1)c1ccco1)c1csc(-c2ccccc2)n1.